The molecule has 0 saturated carbocycles. The van der Waals surface area contributed by atoms with Gasteiger partial charge in [0.05, 0.1) is 24.5 Å². The Morgan fingerprint density at radius 3 is 3.06 bits per heavy atom. The molecule has 3 heterocycles. The fraction of sp³-hybridized carbons (Fsp3) is 0.538. The lowest BCUT2D eigenvalue weighted by Crippen LogP contribution is -2.35. The van der Waals surface area contributed by atoms with Gasteiger partial charge in [-0.05, 0) is 18.4 Å². The Bertz CT molecular complexity index is 565. The fourth-order valence-electron chi connectivity index (χ4n) is 2.81. The molecule has 0 bridgehead atoms. The first-order valence-corrected chi connectivity index (χ1v) is 6.36. The van der Waals surface area contributed by atoms with Gasteiger partial charge in [0.25, 0.3) is 0 Å². The van der Waals surface area contributed by atoms with Gasteiger partial charge in [-0.25, -0.2) is 9.97 Å². The van der Waals surface area contributed by atoms with Gasteiger partial charge in [-0.3, -0.25) is 0 Å². The molecule has 2 atom stereocenters. The third kappa shape index (κ3) is 1.58. The molecular formula is C13H18N4O. The van der Waals surface area contributed by atoms with Gasteiger partial charge in [0, 0.05) is 19.8 Å². The fourth-order valence-corrected chi connectivity index (χ4v) is 2.81. The van der Waals surface area contributed by atoms with E-state index in [1.165, 1.54) is 0 Å². The van der Waals surface area contributed by atoms with Gasteiger partial charge >= 0.3 is 0 Å². The molecular weight excluding hydrogens is 228 g/mol. The molecule has 0 aliphatic carbocycles. The van der Waals surface area contributed by atoms with Crippen molar-refractivity contribution in [2.75, 3.05) is 18.1 Å². The number of hydrogen-bond donors (Lipinski definition) is 1. The van der Waals surface area contributed by atoms with Crippen molar-refractivity contribution in [2.24, 2.45) is 13.0 Å². The smallest absolute Gasteiger partial charge is 0.157 e. The summed E-state index contributed by atoms with van der Waals surface area (Å²) in [6.07, 6.45) is 4.72. The number of hydrogen-bond acceptors (Lipinski definition) is 4. The standard InChI is InChI=1S/C13H18N4O/c1-9-4-6-17(11(9)7-18)13-12-10(3-5-14-13)16(2)8-15-12/h3,5,8-9,11,18H,4,6-7H2,1-2H3. The third-order valence-electron chi connectivity index (χ3n) is 3.97. The van der Waals surface area contributed by atoms with Crippen LogP contribution in [0.3, 0.4) is 0 Å². The van der Waals surface area contributed by atoms with E-state index >= 15 is 0 Å². The lowest BCUT2D eigenvalue weighted by molar-refractivity contribution is 0.244. The van der Waals surface area contributed by atoms with E-state index in [4.69, 9.17) is 0 Å². The highest BCUT2D eigenvalue weighted by Crippen LogP contribution is 2.31. The number of nitrogens with zero attached hydrogens (tertiary/aromatic N) is 4. The highest BCUT2D eigenvalue weighted by Gasteiger charge is 2.32. The molecule has 5 nitrogen and oxygen atoms in total. The maximum Gasteiger partial charge on any atom is 0.157 e. The van der Waals surface area contributed by atoms with Crippen molar-refractivity contribution in [1.29, 1.82) is 0 Å². The summed E-state index contributed by atoms with van der Waals surface area (Å²) >= 11 is 0. The average molecular weight is 246 g/mol. The summed E-state index contributed by atoms with van der Waals surface area (Å²) in [4.78, 5) is 11.1. The van der Waals surface area contributed by atoms with Crippen molar-refractivity contribution in [2.45, 2.75) is 19.4 Å². The third-order valence-corrected chi connectivity index (χ3v) is 3.97. The molecule has 2 aromatic rings. The van der Waals surface area contributed by atoms with Crippen LogP contribution in [0.25, 0.3) is 11.0 Å². The zero-order valence-electron chi connectivity index (χ0n) is 10.7. The molecule has 2 aromatic heterocycles. The normalized spacial score (nSPS) is 24.1. The van der Waals surface area contributed by atoms with Gasteiger partial charge in [0.2, 0.25) is 0 Å². The lowest BCUT2D eigenvalue weighted by atomic mass is 10.0. The molecule has 1 aliphatic rings. The van der Waals surface area contributed by atoms with E-state index in [-0.39, 0.29) is 12.6 Å². The van der Waals surface area contributed by atoms with Crippen LogP contribution in [-0.2, 0) is 7.05 Å². The van der Waals surface area contributed by atoms with Crippen molar-refractivity contribution in [3.05, 3.63) is 18.6 Å². The number of anilines is 1. The van der Waals surface area contributed by atoms with Gasteiger partial charge in [-0.1, -0.05) is 6.92 Å². The Kier molecular flexibility index (Phi) is 2.70. The van der Waals surface area contributed by atoms with Crippen LogP contribution in [0.2, 0.25) is 0 Å². The van der Waals surface area contributed by atoms with Gasteiger partial charge in [0.15, 0.2) is 5.82 Å². The molecule has 1 saturated heterocycles. The zero-order valence-corrected chi connectivity index (χ0v) is 10.7. The molecule has 96 valence electrons. The Morgan fingerprint density at radius 1 is 1.44 bits per heavy atom. The summed E-state index contributed by atoms with van der Waals surface area (Å²) in [7, 11) is 1.98. The Balaban J connectivity index is 2.09. The van der Waals surface area contributed by atoms with Crippen LogP contribution in [0, 0.1) is 5.92 Å². The summed E-state index contributed by atoms with van der Waals surface area (Å²) in [6.45, 7) is 3.29. The highest BCUT2D eigenvalue weighted by atomic mass is 16.3. The number of fused-ring (bicyclic) bond motifs is 1. The van der Waals surface area contributed by atoms with Crippen LogP contribution in [0.15, 0.2) is 18.6 Å². The topological polar surface area (TPSA) is 54.2 Å². The predicted molar refractivity (Wildman–Crippen MR) is 70.5 cm³/mol. The minimum atomic E-state index is 0.158. The molecule has 0 amide bonds. The number of aliphatic hydroxyl groups is 1. The molecule has 1 fully saturated rings. The summed E-state index contributed by atoms with van der Waals surface area (Å²) in [6, 6.07) is 2.13. The van der Waals surface area contributed by atoms with Crippen LogP contribution in [0.1, 0.15) is 13.3 Å². The number of imidazole rings is 1. The molecule has 0 radical (unpaired) electrons. The second-order valence-electron chi connectivity index (χ2n) is 5.07. The molecule has 1 aliphatic heterocycles. The Morgan fingerprint density at radius 2 is 2.28 bits per heavy atom. The Labute approximate surface area is 106 Å². The summed E-state index contributed by atoms with van der Waals surface area (Å²) in [5, 5.41) is 9.55. The van der Waals surface area contributed by atoms with E-state index in [0.29, 0.717) is 5.92 Å². The van der Waals surface area contributed by atoms with E-state index in [0.717, 1.165) is 29.8 Å². The second kappa shape index (κ2) is 4.24. The van der Waals surface area contributed by atoms with Gasteiger partial charge in [-0.15, -0.1) is 0 Å². The summed E-state index contributed by atoms with van der Waals surface area (Å²) in [5.41, 5.74) is 2.00. The first kappa shape index (κ1) is 11.5. The van der Waals surface area contributed by atoms with E-state index < -0.39 is 0 Å². The number of aromatic nitrogens is 3. The molecule has 2 unspecified atom stereocenters. The minimum absolute atomic E-state index is 0.158. The van der Waals surface area contributed by atoms with Crippen LogP contribution < -0.4 is 4.90 Å². The predicted octanol–water partition coefficient (Wildman–Crippen LogP) is 1.18. The number of aliphatic hydroxyl groups excluding tert-OH is 1. The quantitative estimate of drug-likeness (QED) is 0.864. The number of pyridine rings is 1. The van der Waals surface area contributed by atoms with Crippen molar-refractivity contribution in [3.8, 4) is 0 Å². The van der Waals surface area contributed by atoms with Gasteiger partial charge in [0.1, 0.15) is 5.52 Å². The Hall–Kier alpha value is -1.62. The first-order valence-electron chi connectivity index (χ1n) is 6.36. The first-order chi connectivity index (χ1) is 8.72. The molecule has 0 spiro atoms. The highest BCUT2D eigenvalue weighted by molar-refractivity contribution is 5.86. The molecule has 0 aromatic carbocycles. The van der Waals surface area contributed by atoms with Crippen LogP contribution in [0.5, 0.6) is 0 Å². The molecule has 5 heteroatoms. The lowest BCUT2D eigenvalue weighted by Gasteiger charge is -2.26. The monoisotopic (exact) mass is 246 g/mol. The summed E-state index contributed by atoms with van der Waals surface area (Å²) < 4.78 is 1.99. The number of rotatable bonds is 2. The van der Waals surface area contributed by atoms with Crippen molar-refractivity contribution in [1.82, 2.24) is 14.5 Å². The largest absolute Gasteiger partial charge is 0.394 e. The van der Waals surface area contributed by atoms with E-state index in [2.05, 4.69) is 21.8 Å². The average Bonchev–Trinajstić information content (AvgIpc) is 2.93. The molecule has 3 rings (SSSR count). The van der Waals surface area contributed by atoms with Crippen molar-refractivity contribution < 1.29 is 5.11 Å². The SMILES string of the molecule is CC1CCN(c2nccc3c2ncn3C)C1CO. The number of aryl methyl sites for hydroxylation is 1. The zero-order chi connectivity index (χ0) is 12.7. The minimum Gasteiger partial charge on any atom is -0.394 e. The molecule has 1 N–H and O–H groups in total. The van der Waals surface area contributed by atoms with Gasteiger partial charge < -0.3 is 14.6 Å². The van der Waals surface area contributed by atoms with Crippen LogP contribution in [0.4, 0.5) is 5.82 Å². The van der Waals surface area contributed by atoms with Crippen LogP contribution >= 0.6 is 0 Å². The molecule has 18 heavy (non-hydrogen) atoms. The second-order valence-corrected chi connectivity index (χ2v) is 5.07. The maximum absolute atomic E-state index is 9.55. The van der Waals surface area contributed by atoms with Crippen LogP contribution in [-0.4, -0.2) is 38.8 Å². The van der Waals surface area contributed by atoms with Crippen molar-refractivity contribution >= 4 is 16.9 Å². The van der Waals surface area contributed by atoms with E-state index in [1.54, 1.807) is 0 Å². The van der Waals surface area contributed by atoms with E-state index in [9.17, 15) is 5.11 Å². The van der Waals surface area contributed by atoms with Crippen molar-refractivity contribution in [3.63, 3.8) is 0 Å². The van der Waals surface area contributed by atoms with Gasteiger partial charge in [-0.2, -0.15) is 0 Å². The van der Waals surface area contributed by atoms with E-state index in [1.807, 2.05) is 30.2 Å². The summed E-state index contributed by atoms with van der Waals surface area (Å²) in [5.74, 6) is 1.40. The maximum atomic E-state index is 9.55.